The van der Waals surface area contributed by atoms with Crippen molar-refractivity contribution < 1.29 is 4.39 Å². The molecule has 0 aliphatic carbocycles. The molecule has 0 fully saturated rings. The normalized spacial score (nSPS) is 12.2. The van der Waals surface area contributed by atoms with Crippen molar-refractivity contribution in [3.8, 4) is 0 Å². The molecule has 1 unspecified atom stereocenters. The van der Waals surface area contributed by atoms with E-state index in [-0.39, 0.29) is 11.9 Å². The molecule has 0 saturated carbocycles. The molecule has 0 aliphatic rings. The van der Waals surface area contributed by atoms with Gasteiger partial charge in [-0.3, -0.25) is 0 Å². The number of nitrogens with zero attached hydrogens (tertiary/aromatic N) is 1. The van der Waals surface area contributed by atoms with E-state index in [2.05, 4.69) is 45.2 Å². The van der Waals surface area contributed by atoms with E-state index in [4.69, 9.17) is 0 Å². The van der Waals surface area contributed by atoms with Crippen molar-refractivity contribution in [3.63, 3.8) is 0 Å². The maximum absolute atomic E-state index is 13.3. The van der Waals surface area contributed by atoms with E-state index in [0.717, 1.165) is 15.7 Å². The van der Waals surface area contributed by atoms with Gasteiger partial charge in [-0.05, 0) is 55.4 Å². The van der Waals surface area contributed by atoms with Crippen LogP contribution < -0.4 is 10.2 Å². The van der Waals surface area contributed by atoms with E-state index in [1.54, 1.807) is 12.1 Å². The highest BCUT2D eigenvalue weighted by molar-refractivity contribution is 9.10. The molecule has 0 amide bonds. The minimum Gasteiger partial charge on any atom is -0.370 e. The number of rotatable bonds is 5. The first-order valence-corrected chi connectivity index (χ1v) is 7.73. The number of hydrogen-bond donors (Lipinski definition) is 1. The summed E-state index contributed by atoms with van der Waals surface area (Å²) in [6.45, 7) is 2.80. The highest BCUT2D eigenvalue weighted by Gasteiger charge is 2.13. The summed E-state index contributed by atoms with van der Waals surface area (Å²) < 4.78 is 14.4. The van der Waals surface area contributed by atoms with Gasteiger partial charge in [0.05, 0.1) is 0 Å². The first kappa shape index (κ1) is 16.0. The monoisotopic (exact) mass is 350 g/mol. The second kappa shape index (κ2) is 7.05. The predicted molar refractivity (Wildman–Crippen MR) is 90.1 cm³/mol. The third kappa shape index (κ3) is 4.05. The molecule has 2 aromatic carbocycles. The summed E-state index contributed by atoms with van der Waals surface area (Å²) >= 11 is 3.52. The molecular weight excluding hydrogens is 331 g/mol. The van der Waals surface area contributed by atoms with Crippen LogP contribution in [0.3, 0.4) is 0 Å². The summed E-state index contributed by atoms with van der Waals surface area (Å²) in [5.74, 6) is -0.194. The molecule has 2 nitrogen and oxygen atoms in total. The van der Waals surface area contributed by atoms with Gasteiger partial charge < -0.3 is 10.2 Å². The standard InChI is InChI=1S/C17H20BrFN2/c1-12(20-2)16-10-14(18)7-8-17(16)21(3)11-13-5-4-6-15(19)9-13/h4-10,12,20H,11H2,1-3H3. The van der Waals surface area contributed by atoms with Crippen molar-refractivity contribution in [2.45, 2.75) is 19.5 Å². The molecule has 2 rings (SSSR count). The van der Waals surface area contributed by atoms with E-state index in [0.29, 0.717) is 6.54 Å². The van der Waals surface area contributed by atoms with Crippen LogP contribution in [0.4, 0.5) is 10.1 Å². The fourth-order valence-corrected chi connectivity index (χ4v) is 2.75. The van der Waals surface area contributed by atoms with E-state index in [1.807, 2.05) is 26.2 Å². The lowest BCUT2D eigenvalue weighted by atomic mass is 10.0. The van der Waals surface area contributed by atoms with Crippen molar-refractivity contribution in [1.82, 2.24) is 5.32 Å². The van der Waals surface area contributed by atoms with Gasteiger partial charge >= 0.3 is 0 Å². The van der Waals surface area contributed by atoms with Gasteiger partial charge in [0, 0.05) is 29.8 Å². The SMILES string of the molecule is CNC(C)c1cc(Br)ccc1N(C)Cc1cccc(F)c1. The summed E-state index contributed by atoms with van der Waals surface area (Å²) in [6, 6.07) is 13.2. The van der Waals surface area contributed by atoms with Gasteiger partial charge in [0.15, 0.2) is 0 Å². The fraction of sp³-hybridized carbons (Fsp3) is 0.294. The maximum Gasteiger partial charge on any atom is 0.123 e. The second-order valence-electron chi connectivity index (χ2n) is 5.20. The van der Waals surface area contributed by atoms with Crippen LogP contribution in [-0.4, -0.2) is 14.1 Å². The third-order valence-electron chi connectivity index (χ3n) is 3.61. The highest BCUT2D eigenvalue weighted by Crippen LogP contribution is 2.29. The Bertz CT molecular complexity index is 615. The molecule has 4 heteroatoms. The van der Waals surface area contributed by atoms with Crippen LogP contribution in [0.1, 0.15) is 24.1 Å². The Kier molecular flexibility index (Phi) is 5.37. The fourth-order valence-electron chi connectivity index (χ4n) is 2.37. The molecule has 0 saturated heterocycles. The summed E-state index contributed by atoms with van der Waals surface area (Å²) in [4.78, 5) is 2.14. The van der Waals surface area contributed by atoms with E-state index in [1.165, 1.54) is 11.6 Å². The topological polar surface area (TPSA) is 15.3 Å². The minimum atomic E-state index is -0.194. The van der Waals surface area contributed by atoms with Crippen molar-refractivity contribution in [3.05, 3.63) is 63.9 Å². The Morgan fingerprint density at radius 2 is 2.00 bits per heavy atom. The molecule has 0 heterocycles. The lowest BCUT2D eigenvalue weighted by Crippen LogP contribution is -2.21. The lowest BCUT2D eigenvalue weighted by Gasteiger charge is -2.25. The molecule has 1 N–H and O–H groups in total. The van der Waals surface area contributed by atoms with E-state index < -0.39 is 0 Å². The second-order valence-corrected chi connectivity index (χ2v) is 6.12. The molecular formula is C17H20BrFN2. The number of anilines is 1. The lowest BCUT2D eigenvalue weighted by molar-refractivity contribution is 0.624. The molecule has 112 valence electrons. The molecule has 21 heavy (non-hydrogen) atoms. The van der Waals surface area contributed by atoms with Gasteiger partial charge in [0.2, 0.25) is 0 Å². The van der Waals surface area contributed by atoms with Gasteiger partial charge in [-0.15, -0.1) is 0 Å². The van der Waals surface area contributed by atoms with Crippen LogP contribution in [0.2, 0.25) is 0 Å². The van der Waals surface area contributed by atoms with Crippen LogP contribution in [0, 0.1) is 5.82 Å². The average molecular weight is 351 g/mol. The van der Waals surface area contributed by atoms with E-state index >= 15 is 0 Å². The van der Waals surface area contributed by atoms with Crippen molar-refractivity contribution in [2.24, 2.45) is 0 Å². The zero-order valence-electron chi connectivity index (χ0n) is 12.5. The van der Waals surface area contributed by atoms with E-state index in [9.17, 15) is 4.39 Å². The molecule has 0 bridgehead atoms. The summed E-state index contributed by atoms with van der Waals surface area (Å²) in [7, 11) is 3.97. The number of nitrogens with one attached hydrogen (secondary N) is 1. The Morgan fingerprint density at radius 3 is 2.67 bits per heavy atom. The van der Waals surface area contributed by atoms with Crippen molar-refractivity contribution in [2.75, 3.05) is 19.0 Å². The maximum atomic E-state index is 13.3. The quantitative estimate of drug-likeness (QED) is 0.853. The summed E-state index contributed by atoms with van der Waals surface area (Å²) in [5, 5.41) is 3.27. The third-order valence-corrected chi connectivity index (χ3v) is 4.10. The molecule has 0 radical (unpaired) electrons. The minimum absolute atomic E-state index is 0.194. The first-order valence-electron chi connectivity index (χ1n) is 6.93. The molecule has 1 atom stereocenters. The smallest absolute Gasteiger partial charge is 0.123 e. The zero-order valence-corrected chi connectivity index (χ0v) is 14.1. The number of hydrogen-bond acceptors (Lipinski definition) is 2. The highest BCUT2D eigenvalue weighted by atomic mass is 79.9. The zero-order chi connectivity index (χ0) is 15.4. The van der Waals surface area contributed by atoms with Gasteiger partial charge in [-0.1, -0.05) is 28.1 Å². The molecule has 0 aliphatic heterocycles. The summed E-state index contributed by atoms with van der Waals surface area (Å²) in [6.07, 6.45) is 0. The summed E-state index contributed by atoms with van der Waals surface area (Å²) in [5.41, 5.74) is 3.32. The van der Waals surface area contributed by atoms with Gasteiger partial charge in [-0.2, -0.15) is 0 Å². The Morgan fingerprint density at radius 1 is 1.24 bits per heavy atom. The Labute approximate surface area is 134 Å². The van der Waals surface area contributed by atoms with Crippen molar-refractivity contribution >= 4 is 21.6 Å². The van der Waals surface area contributed by atoms with Crippen LogP contribution in [0.25, 0.3) is 0 Å². The Balaban J connectivity index is 2.28. The van der Waals surface area contributed by atoms with Gasteiger partial charge in [0.25, 0.3) is 0 Å². The molecule has 2 aromatic rings. The van der Waals surface area contributed by atoms with Gasteiger partial charge in [-0.25, -0.2) is 4.39 Å². The van der Waals surface area contributed by atoms with Crippen LogP contribution in [0.15, 0.2) is 46.9 Å². The predicted octanol–water partition coefficient (Wildman–Crippen LogP) is 4.51. The average Bonchev–Trinajstić information content (AvgIpc) is 2.46. The molecule has 0 spiro atoms. The van der Waals surface area contributed by atoms with Crippen LogP contribution in [-0.2, 0) is 6.54 Å². The Hall–Kier alpha value is -1.39. The largest absolute Gasteiger partial charge is 0.370 e. The van der Waals surface area contributed by atoms with Crippen molar-refractivity contribution in [1.29, 1.82) is 0 Å². The van der Waals surface area contributed by atoms with Gasteiger partial charge in [0.1, 0.15) is 5.82 Å². The van der Waals surface area contributed by atoms with Crippen LogP contribution in [0.5, 0.6) is 0 Å². The number of benzene rings is 2. The van der Waals surface area contributed by atoms with Crippen LogP contribution >= 0.6 is 15.9 Å². The molecule has 0 aromatic heterocycles. The first-order chi connectivity index (χ1) is 10.0. The number of halogens is 2.